The van der Waals surface area contributed by atoms with E-state index in [-0.39, 0.29) is 0 Å². The van der Waals surface area contributed by atoms with Crippen LogP contribution in [0.2, 0.25) is 0 Å². The summed E-state index contributed by atoms with van der Waals surface area (Å²) in [7, 11) is 0. The molecule has 0 unspecified atom stereocenters. The molecular weight excluding hydrogens is 376 g/mol. The van der Waals surface area contributed by atoms with Gasteiger partial charge in [0.2, 0.25) is 17.8 Å². The molecule has 0 saturated carbocycles. The maximum atomic E-state index is 4.42. The van der Waals surface area contributed by atoms with E-state index in [1.165, 1.54) is 0 Å². The van der Waals surface area contributed by atoms with Crippen molar-refractivity contribution in [2.24, 2.45) is 5.10 Å². The van der Waals surface area contributed by atoms with Crippen molar-refractivity contribution >= 4 is 35.0 Å². The average Bonchev–Trinajstić information content (AvgIpc) is 3.14. The van der Waals surface area contributed by atoms with E-state index in [1.807, 2.05) is 44.2 Å². The number of hydrogen-bond donors (Lipinski definition) is 4. The van der Waals surface area contributed by atoms with Crippen LogP contribution in [0.3, 0.4) is 0 Å². The molecule has 0 aliphatic rings. The van der Waals surface area contributed by atoms with Gasteiger partial charge < -0.3 is 15.6 Å². The molecule has 8 heteroatoms. The van der Waals surface area contributed by atoms with Crippen LogP contribution < -0.4 is 16.1 Å². The first-order valence-electron chi connectivity index (χ1n) is 9.97. The number of fused-ring (bicyclic) bond motifs is 1. The van der Waals surface area contributed by atoms with Gasteiger partial charge in [0.15, 0.2) is 0 Å². The highest BCUT2D eigenvalue weighted by molar-refractivity contribution is 6.06. The average molecular weight is 400 g/mol. The van der Waals surface area contributed by atoms with Crippen molar-refractivity contribution in [2.45, 2.75) is 13.8 Å². The normalized spacial score (nSPS) is 11.1. The van der Waals surface area contributed by atoms with E-state index in [4.69, 9.17) is 0 Å². The van der Waals surface area contributed by atoms with E-state index >= 15 is 0 Å². The summed E-state index contributed by atoms with van der Waals surface area (Å²) in [5, 5.41) is 11.7. The van der Waals surface area contributed by atoms with E-state index in [2.05, 4.69) is 65.4 Å². The summed E-state index contributed by atoms with van der Waals surface area (Å²) in [6, 6.07) is 18.4. The first kappa shape index (κ1) is 19.4. The minimum Gasteiger partial charge on any atom is -0.354 e. The SMILES string of the molecule is CCNc1nc(NCC)nc(NN=Cc2c(-c3ccccc3)[nH]c3ccccc23)n1. The molecule has 2 heterocycles. The highest BCUT2D eigenvalue weighted by atomic mass is 15.4. The van der Waals surface area contributed by atoms with Crippen LogP contribution in [-0.2, 0) is 0 Å². The lowest BCUT2D eigenvalue weighted by Gasteiger charge is -2.07. The van der Waals surface area contributed by atoms with Crippen LogP contribution >= 0.6 is 0 Å². The second kappa shape index (κ2) is 9.04. The molecule has 0 radical (unpaired) electrons. The molecule has 0 atom stereocenters. The smallest absolute Gasteiger partial charge is 0.250 e. The number of aromatic nitrogens is 4. The van der Waals surface area contributed by atoms with Crippen molar-refractivity contribution in [1.82, 2.24) is 19.9 Å². The van der Waals surface area contributed by atoms with Crippen LogP contribution in [0.5, 0.6) is 0 Å². The molecule has 0 fully saturated rings. The molecule has 2 aromatic heterocycles. The monoisotopic (exact) mass is 400 g/mol. The second-order valence-electron chi connectivity index (χ2n) is 6.56. The highest BCUT2D eigenvalue weighted by Gasteiger charge is 2.11. The molecule has 0 spiro atoms. The predicted octanol–water partition coefficient (Wildman–Crippen LogP) is 4.33. The number of hydrazone groups is 1. The van der Waals surface area contributed by atoms with Crippen molar-refractivity contribution in [3.63, 3.8) is 0 Å². The summed E-state index contributed by atoms with van der Waals surface area (Å²) in [5.74, 6) is 1.37. The van der Waals surface area contributed by atoms with Crippen LogP contribution in [0.15, 0.2) is 59.7 Å². The minimum absolute atomic E-state index is 0.370. The molecule has 0 aliphatic heterocycles. The lowest BCUT2D eigenvalue weighted by atomic mass is 10.1. The fraction of sp³-hybridized carbons (Fsp3) is 0.182. The van der Waals surface area contributed by atoms with Gasteiger partial charge in [-0.2, -0.15) is 20.1 Å². The number of H-pyrrole nitrogens is 1. The zero-order valence-corrected chi connectivity index (χ0v) is 17.0. The van der Waals surface area contributed by atoms with Gasteiger partial charge in [-0.15, -0.1) is 0 Å². The van der Waals surface area contributed by atoms with Crippen molar-refractivity contribution in [1.29, 1.82) is 0 Å². The number of benzene rings is 2. The Balaban J connectivity index is 1.66. The number of anilines is 3. The summed E-state index contributed by atoms with van der Waals surface area (Å²) in [6.45, 7) is 5.41. The van der Waals surface area contributed by atoms with Crippen LogP contribution in [-0.4, -0.2) is 39.2 Å². The third-order valence-corrected chi connectivity index (χ3v) is 4.47. The number of aromatic amines is 1. The molecule has 0 amide bonds. The fourth-order valence-corrected chi connectivity index (χ4v) is 3.19. The Morgan fingerprint density at radius 2 is 1.47 bits per heavy atom. The van der Waals surface area contributed by atoms with Crippen LogP contribution in [0.4, 0.5) is 17.8 Å². The molecule has 4 aromatic rings. The first-order valence-corrected chi connectivity index (χ1v) is 9.97. The van der Waals surface area contributed by atoms with Crippen molar-refractivity contribution in [2.75, 3.05) is 29.1 Å². The molecular formula is C22H24N8. The Morgan fingerprint density at radius 3 is 2.17 bits per heavy atom. The van der Waals surface area contributed by atoms with E-state index in [0.717, 1.165) is 27.7 Å². The molecule has 0 aliphatic carbocycles. The lowest BCUT2D eigenvalue weighted by Crippen LogP contribution is -2.10. The number of nitrogens with zero attached hydrogens (tertiary/aromatic N) is 4. The molecule has 4 rings (SSSR count). The van der Waals surface area contributed by atoms with Crippen LogP contribution in [0, 0.1) is 0 Å². The Hall–Kier alpha value is -3.94. The van der Waals surface area contributed by atoms with Gasteiger partial charge in [-0.05, 0) is 25.5 Å². The molecule has 0 bridgehead atoms. The lowest BCUT2D eigenvalue weighted by molar-refractivity contribution is 0.992. The third-order valence-electron chi connectivity index (χ3n) is 4.47. The Morgan fingerprint density at radius 1 is 0.833 bits per heavy atom. The zero-order chi connectivity index (χ0) is 20.8. The molecule has 2 aromatic carbocycles. The van der Waals surface area contributed by atoms with E-state index in [0.29, 0.717) is 30.9 Å². The van der Waals surface area contributed by atoms with Gasteiger partial charge in [0.05, 0.1) is 11.9 Å². The zero-order valence-electron chi connectivity index (χ0n) is 17.0. The summed E-state index contributed by atoms with van der Waals surface area (Å²) >= 11 is 0. The van der Waals surface area contributed by atoms with Crippen molar-refractivity contribution < 1.29 is 0 Å². The first-order chi connectivity index (χ1) is 14.8. The highest BCUT2D eigenvalue weighted by Crippen LogP contribution is 2.29. The van der Waals surface area contributed by atoms with Gasteiger partial charge in [-0.3, -0.25) is 0 Å². The summed E-state index contributed by atoms with van der Waals surface area (Å²) in [6.07, 6.45) is 1.80. The van der Waals surface area contributed by atoms with Gasteiger partial charge in [0, 0.05) is 29.6 Å². The van der Waals surface area contributed by atoms with E-state index in [1.54, 1.807) is 6.21 Å². The number of rotatable bonds is 8. The predicted molar refractivity (Wildman–Crippen MR) is 123 cm³/mol. The maximum Gasteiger partial charge on any atom is 0.250 e. The van der Waals surface area contributed by atoms with Gasteiger partial charge >= 0.3 is 0 Å². The fourth-order valence-electron chi connectivity index (χ4n) is 3.19. The Bertz CT molecular complexity index is 1130. The van der Waals surface area contributed by atoms with Crippen LogP contribution in [0.25, 0.3) is 22.2 Å². The Labute approximate surface area is 174 Å². The van der Waals surface area contributed by atoms with Crippen LogP contribution in [0.1, 0.15) is 19.4 Å². The topological polar surface area (TPSA) is 103 Å². The van der Waals surface area contributed by atoms with Crippen molar-refractivity contribution in [3.05, 3.63) is 60.2 Å². The minimum atomic E-state index is 0.370. The quantitative estimate of drug-likeness (QED) is 0.259. The summed E-state index contributed by atoms with van der Waals surface area (Å²) in [5.41, 5.74) is 7.10. The molecule has 8 nitrogen and oxygen atoms in total. The molecule has 152 valence electrons. The Kier molecular flexibility index (Phi) is 5.84. The van der Waals surface area contributed by atoms with Gasteiger partial charge in [0.1, 0.15) is 0 Å². The summed E-state index contributed by atoms with van der Waals surface area (Å²) in [4.78, 5) is 16.5. The van der Waals surface area contributed by atoms with Crippen molar-refractivity contribution in [3.8, 4) is 11.3 Å². The number of hydrogen-bond acceptors (Lipinski definition) is 7. The second-order valence-corrected chi connectivity index (χ2v) is 6.56. The largest absolute Gasteiger partial charge is 0.354 e. The van der Waals surface area contributed by atoms with E-state index < -0.39 is 0 Å². The summed E-state index contributed by atoms with van der Waals surface area (Å²) < 4.78 is 0. The number of para-hydroxylation sites is 1. The van der Waals surface area contributed by atoms with Gasteiger partial charge in [0.25, 0.3) is 0 Å². The maximum absolute atomic E-state index is 4.42. The third kappa shape index (κ3) is 4.22. The molecule has 4 N–H and O–H groups in total. The molecule has 30 heavy (non-hydrogen) atoms. The van der Waals surface area contributed by atoms with Gasteiger partial charge in [-0.1, -0.05) is 48.5 Å². The van der Waals surface area contributed by atoms with E-state index in [9.17, 15) is 0 Å². The molecule has 0 saturated heterocycles. The number of nitrogens with one attached hydrogen (secondary N) is 4. The van der Waals surface area contributed by atoms with Gasteiger partial charge in [-0.25, -0.2) is 5.43 Å². The standard InChI is InChI=1S/C22H24N8/c1-3-23-20-27-21(24-4-2)29-22(28-20)30-25-14-17-16-12-8-9-13-18(16)26-19(17)15-10-6-5-7-11-15/h5-14,26H,3-4H2,1-2H3,(H3,23,24,27,28,29,30).